The molecule has 0 radical (unpaired) electrons. The van der Waals surface area contributed by atoms with E-state index in [2.05, 4.69) is 14.5 Å². The number of imidazole rings is 1. The summed E-state index contributed by atoms with van der Waals surface area (Å²) >= 11 is 6.11. The first-order valence-corrected chi connectivity index (χ1v) is 8.76. The molecule has 1 atom stereocenters. The fraction of sp³-hybridized carbons (Fsp3) is 0.500. The molecule has 0 spiro atoms. The molecule has 130 valence electrons. The number of piperidine rings is 1. The van der Waals surface area contributed by atoms with Crippen LogP contribution in [0.2, 0.25) is 5.02 Å². The van der Waals surface area contributed by atoms with E-state index in [1.807, 2.05) is 43.8 Å². The zero-order chi connectivity index (χ0) is 16.9. The van der Waals surface area contributed by atoms with Crippen molar-refractivity contribution in [3.8, 4) is 5.75 Å². The van der Waals surface area contributed by atoms with Crippen LogP contribution in [0.1, 0.15) is 24.4 Å². The fourth-order valence-corrected chi connectivity index (χ4v) is 3.32. The van der Waals surface area contributed by atoms with Gasteiger partial charge >= 0.3 is 0 Å². The molecule has 0 amide bonds. The fourth-order valence-electron chi connectivity index (χ4n) is 3.14. The standard InChI is InChI=1S/C18H24ClN3O2/c1-14-2-3-17(19)18(10-14)24-12-16(23)11-21-7-4-15(5-8-21)22-9-6-20-13-22/h2-3,6,9-10,13,15-16,23H,4-5,7-8,11-12H2,1H3. The van der Waals surface area contributed by atoms with E-state index < -0.39 is 6.10 Å². The zero-order valence-corrected chi connectivity index (χ0v) is 14.7. The highest BCUT2D eigenvalue weighted by Crippen LogP contribution is 2.26. The molecule has 1 aromatic carbocycles. The highest BCUT2D eigenvalue weighted by molar-refractivity contribution is 6.32. The third kappa shape index (κ3) is 4.50. The van der Waals surface area contributed by atoms with Gasteiger partial charge in [0.1, 0.15) is 18.5 Å². The van der Waals surface area contributed by atoms with Crippen LogP contribution in [0.5, 0.6) is 5.75 Å². The molecule has 1 fully saturated rings. The highest BCUT2D eigenvalue weighted by Gasteiger charge is 2.22. The molecular weight excluding hydrogens is 326 g/mol. The van der Waals surface area contributed by atoms with E-state index in [4.69, 9.17) is 16.3 Å². The number of aromatic nitrogens is 2. The summed E-state index contributed by atoms with van der Waals surface area (Å²) in [5.74, 6) is 0.634. The van der Waals surface area contributed by atoms with Crippen molar-refractivity contribution in [2.24, 2.45) is 0 Å². The Hall–Kier alpha value is -1.56. The van der Waals surface area contributed by atoms with Crippen LogP contribution in [0, 0.1) is 6.92 Å². The molecule has 2 heterocycles. The second-order valence-electron chi connectivity index (χ2n) is 6.44. The van der Waals surface area contributed by atoms with E-state index in [1.165, 1.54) is 0 Å². The van der Waals surface area contributed by atoms with Crippen LogP contribution in [0.3, 0.4) is 0 Å². The third-order valence-electron chi connectivity index (χ3n) is 4.49. The van der Waals surface area contributed by atoms with E-state index in [0.717, 1.165) is 31.5 Å². The molecule has 1 N–H and O–H groups in total. The summed E-state index contributed by atoms with van der Waals surface area (Å²) in [6.07, 6.45) is 7.36. The zero-order valence-electron chi connectivity index (χ0n) is 13.9. The number of hydrogen-bond donors (Lipinski definition) is 1. The second kappa shape index (κ2) is 8.01. The first-order valence-electron chi connectivity index (χ1n) is 8.38. The maximum atomic E-state index is 10.2. The predicted octanol–water partition coefficient (Wildman–Crippen LogP) is 2.92. The Morgan fingerprint density at radius 3 is 2.88 bits per heavy atom. The van der Waals surface area contributed by atoms with E-state index in [-0.39, 0.29) is 6.61 Å². The Balaban J connectivity index is 1.43. The number of halogens is 1. The molecule has 1 aliphatic heterocycles. The van der Waals surface area contributed by atoms with Gasteiger partial charge in [-0.15, -0.1) is 0 Å². The number of aliphatic hydroxyl groups is 1. The van der Waals surface area contributed by atoms with Crippen LogP contribution in [0.15, 0.2) is 36.9 Å². The van der Waals surface area contributed by atoms with Gasteiger partial charge in [0.15, 0.2) is 0 Å². The lowest BCUT2D eigenvalue weighted by Crippen LogP contribution is -2.41. The number of likely N-dealkylation sites (tertiary alicyclic amines) is 1. The Morgan fingerprint density at radius 2 is 2.17 bits per heavy atom. The molecule has 1 aromatic heterocycles. The van der Waals surface area contributed by atoms with Crippen molar-refractivity contribution in [1.29, 1.82) is 0 Å². The molecular formula is C18H24ClN3O2. The van der Waals surface area contributed by atoms with Gasteiger partial charge in [0.25, 0.3) is 0 Å². The minimum Gasteiger partial charge on any atom is -0.489 e. The summed E-state index contributed by atoms with van der Waals surface area (Å²) in [4.78, 5) is 6.40. The van der Waals surface area contributed by atoms with Crippen molar-refractivity contribution in [1.82, 2.24) is 14.5 Å². The monoisotopic (exact) mass is 349 g/mol. The van der Waals surface area contributed by atoms with Crippen LogP contribution in [0.25, 0.3) is 0 Å². The topological polar surface area (TPSA) is 50.5 Å². The van der Waals surface area contributed by atoms with Gasteiger partial charge in [-0.25, -0.2) is 4.98 Å². The van der Waals surface area contributed by atoms with Crippen LogP contribution in [-0.2, 0) is 0 Å². The van der Waals surface area contributed by atoms with Crippen molar-refractivity contribution in [3.05, 3.63) is 47.5 Å². The summed E-state index contributed by atoms with van der Waals surface area (Å²) in [6, 6.07) is 6.17. The van der Waals surface area contributed by atoms with Crippen molar-refractivity contribution in [2.45, 2.75) is 31.9 Å². The Morgan fingerprint density at radius 1 is 1.38 bits per heavy atom. The van der Waals surface area contributed by atoms with E-state index >= 15 is 0 Å². The Labute approximate surface area is 147 Å². The van der Waals surface area contributed by atoms with E-state index in [1.54, 1.807) is 0 Å². The Kier molecular flexibility index (Phi) is 5.76. The van der Waals surface area contributed by atoms with Gasteiger partial charge in [-0.2, -0.15) is 0 Å². The maximum Gasteiger partial charge on any atom is 0.138 e. The molecule has 1 unspecified atom stereocenters. The second-order valence-corrected chi connectivity index (χ2v) is 6.85. The quantitative estimate of drug-likeness (QED) is 0.871. The number of aliphatic hydroxyl groups excluding tert-OH is 1. The van der Waals surface area contributed by atoms with Crippen molar-refractivity contribution >= 4 is 11.6 Å². The van der Waals surface area contributed by atoms with E-state index in [0.29, 0.717) is 23.4 Å². The largest absolute Gasteiger partial charge is 0.489 e. The smallest absolute Gasteiger partial charge is 0.138 e. The summed E-state index contributed by atoms with van der Waals surface area (Å²) in [5.41, 5.74) is 1.09. The average molecular weight is 350 g/mol. The van der Waals surface area contributed by atoms with Gasteiger partial charge < -0.3 is 19.3 Å². The first-order chi connectivity index (χ1) is 11.6. The lowest BCUT2D eigenvalue weighted by Gasteiger charge is -2.33. The first kappa shape index (κ1) is 17.3. The van der Waals surface area contributed by atoms with Gasteiger partial charge in [-0.3, -0.25) is 0 Å². The lowest BCUT2D eigenvalue weighted by atomic mass is 10.0. The molecule has 0 saturated carbocycles. The normalized spacial score (nSPS) is 17.8. The third-order valence-corrected chi connectivity index (χ3v) is 4.80. The number of ether oxygens (including phenoxy) is 1. The van der Waals surface area contributed by atoms with Gasteiger partial charge in [-0.1, -0.05) is 17.7 Å². The summed E-state index contributed by atoms with van der Waals surface area (Å²) in [5, 5.41) is 10.8. The number of aryl methyl sites for hydroxylation is 1. The number of nitrogens with zero attached hydrogens (tertiary/aromatic N) is 3. The molecule has 0 bridgehead atoms. The molecule has 3 rings (SSSR count). The maximum absolute atomic E-state index is 10.2. The number of hydrogen-bond acceptors (Lipinski definition) is 4. The molecule has 6 heteroatoms. The van der Waals surface area contributed by atoms with Crippen LogP contribution in [-0.4, -0.2) is 51.9 Å². The van der Waals surface area contributed by atoms with Crippen molar-refractivity contribution < 1.29 is 9.84 Å². The minimum atomic E-state index is -0.522. The van der Waals surface area contributed by atoms with Crippen LogP contribution < -0.4 is 4.74 Å². The Bertz CT molecular complexity index is 640. The van der Waals surface area contributed by atoms with Crippen molar-refractivity contribution in [2.75, 3.05) is 26.2 Å². The number of benzene rings is 1. The summed E-state index contributed by atoms with van der Waals surface area (Å²) in [7, 11) is 0. The van der Waals surface area contributed by atoms with Gasteiger partial charge in [0, 0.05) is 38.1 Å². The van der Waals surface area contributed by atoms with Gasteiger partial charge in [0.05, 0.1) is 11.3 Å². The molecule has 0 aliphatic carbocycles. The number of β-amino-alcohol motifs (C(OH)–C–C–N with tert-alkyl or cyclic N) is 1. The molecule has 5 nitrogen and oxygen atoms in total. The molecule has 2 aromatic rings. The molecule has 1 aliphatic rings. The van der Waals surface area contributed by atoms with Crippen molar-refractivity contribution in [3.63, 3.8) is 0 Å². The van der Waals surface area contributed by atoms with E-state index in [9.17, 15) is 5.11 Å². The van der Waals surface area contributed by atoms with Crippen LogP contribution >= 0.6 is 11.6 Å². The molecule has 1 saturated heterocycles. The minimum absolute atomic E-state index is 0.255. The lowest BCUT2D eigenvalue weighted by molar-refractivity contribution is 0.0559. The van der Waals surface area contributed by atoms with Crippen LogP contribution in [0.4, 0.5) is 0 Å². The predicted molar refractivity (Wildman–Crippen MR) is 94.6 cm³/mol. The van der Waals surface area contributed by atoms with Gasteiger partial charge in [0.2, 0.25) is 0 Å². The summed E-state index contributed by atoms with van der Waals surface area (Å²) < 4.78 is 7.86. The highest BCUT2D eigenvalue weighted by atomic mass is 35.5. The molecule has 24 heavy (non-hydrogen) atoms. The summed E-state index contributed by atoms with van der Waals surface area (Å²) in [6.45, 7) is 4.82. The van der Waals surface area contributed by atoms with Gasteiger partial charge in [-0.05, 0) is 37.5 Å². The SMILES string of the molecule is Cc1ccc(Cl)c(OCC(O)CN2CCC(n3ccnc3)CC2)c1. The average Bonchev–Trinajstić information content (AvgIpc) is 3.11. The number of rotatable bonds is 6.